The topological polar surface area (TPSA) is 89.5 Å². The zero-order valence-electron chi connectivity index (χ0n) is 18.1. The fraction of sp³-hybridized carbons (Fsp3) is 0.571. The SMILES string of the molecule is CC1(NSc2cc(N3CCC4(CC3)COC4)n3ncc(C(=N)SC(=N)C(F)(F)F)c3c2)CC1. The zero-order chi connectivity index (χ0) is 23.4. The first kappa shape index (κ1) is 23.0. The van der Waals surface area contributed by atoms with Crippen LogP contribution < -0.4 is 9.62 Å². The van der Waals surface area contributed by atoms with Crippen LogP contribution in [0.3, 0.4) is 0 Å². The summed E-state index contributed by atoms with van der Waals surface area (Å²) in [6.07, 6.45) is 0.890. The number of halogens is 3. The lowest BCUT2D eigenvalue weighted by Gasteiger charge is -2.47. The van der Waals surface area contributed by atoms with Crippen LogP contribution in [0.25, 0.3) is 5.52 Å². The first-order valence-corrected chi connectivity index (χ1v) is 12.4. The summed E-state index contributed by atoms with van der Waals surface area (Å²) in [6, 6.07) is 3.91. The van der Waals surface area contributed by atoms with Gasteiger partial charge in [-0.2, -0.15) is 18.3 Å². The summed E-state index contributed by atoms with van der Waals surface area (Å²) in [7, 11) is 0. The number of alkyl halides is 3. The molecule has 0 aromatic carbocycles. The molecule has 7 nitrogen and oxygen atoms in total. The van der Waals surface area contributed by atoms with Crippen LogP contribution in [0.2, 0.25) is 0 Å². The number of piperidine rings is 1. The number of ether oxygens (including phenoxy) is 1. The van der Waals surface area contributed by atoms with Gasteiger partial charge >= 0.3 is 6.18 Å². The molecule has 0 atom stereocenters. The van der Waals surface area contributed by atoms with Crippen LogP contribution in [0.5, 0.6) is 0 Å². The fourth-order valence-electron chi connectivity index (χ4n) is 4.08. The quantitative estimate of drug-likeness (QED) is 0.315. The van der Waals surface area contributed by atoms with E-state index in [1.807, 2.05) is 6.07 Å². The van der Waals surface area contributed by atoms with Crippen LogP contribution in [-0.2, 0) is 4.74 Å². The molecule has 2 aliphatic heterocycles. The second-order valence-electron chi connectivity index (χ2n) is 9.41. The minimum absolute atomic E-state index is 0.103. The third-order valence-corrected chi connectivity index (χ3v) is 8.59. The lowest BCUT2D eigenvalue weighted by Crippen LogP contribution is -2.51. The largest absolute Gasteiger partial charge is 0.439 e. The Bertz CT molecular complexity index is 1100. The number of hydrogen-bond acceptors (Lipinski definition) is 8. The monoisotopic (exact) mass is 498 g/mol. The van der Waals surface area contributed by atoms with Gasteiger partial charge in [0.15, 0.2) is 5.04 Å². The van der Waals surface area contributed by atoms with E-state index >= 15 is 0 Å². The fourth-order valence-corrected chi connectivity index (χ4v) is 5.57. The minimum atomic E-state index is -4.77. The van der Waals surface area contributed by atoms with Gasteiger partial charge in [0.05, 0.1) is 30.5 Å². The van der Waals surface area contributed by atoms with E-state index in [0.29, 0.717) is 5.52 Å². The molecule has 3 aliphatic rings. The molecule has 0 unspecified atom stereocenters. The summed E-state index contributed by atoms with van der Waals surface area (Å²) in [5.74, 6) is 0.864. The molecular formula is C21H25F3N6OS2. The van der Waals surface area contributed by atoms with Crippen LogP contribution >= 0.6 is 23.7 Å². The Hall–Kier alpha value is -1.76. The zero-order valence-corrected chi connectivity index (χ0v) is 19.7. The van der Waals surface area contributed by atoms with Crippen LogP contribution in [-0.4, -0.2) is 57.7 Å². The summed E-state index contributed by atoms with van der Waals surface area (Å²) >= 11 is 1.61. The average molecular weight is 499 g/mol. The molecule has 1 aliphatic carbocycles. The maximum atomic E-state index is 12.9. The Kier molecular flexibility index (Phi) is 5.70. The molecule has 1 saturated carbocycles. The van der Waals surface area contributed by atoms with Crippen LogP contribution in [0.1, 0.15) is 38.2 Å². The van der Waals surface area contributed by atoms with Crippen molar-refractivity contribution in [3.63, 3.8) is 0 Å². The number of fused-ring (bicyclic) bond motifs is 1. The Labute approximate surface area is 198 Å². The van der Waals surface area contributed by atoms with Gasteiger partial charge in [0, 0.05) is 28.9 Å². The summed E-state index contributed by atoms with van der Waals surface area (Å²) in [6.45, 7) is 5.46. The third kappa shape index (κ3) is 4.62. The number of thioether (sulfide) groups is 1. The molecule has 0 bridgehead atoms. The van der Waals surface area contributed by atoms with E-state index < -0.39 is 11.2 Å². The van der Waals surface area contributed by atoms with Gasteiger partial charge in [-0.05, 0) is 68.4 Å². The molecule has 2 aromatic heterocycles. The van der Waals surface area contributed by atoms with Gasteiger partial charge in [0.2, 0.25) is 0 Å². The average Bonchev–Trinajstić information content (AvgIpc) is 3.33. The van der Waals surface area contributed by atoms with Crippen molar-refractivity contribution < 1.29 is 17.9 Å². The normalized spacial score (nSPS) is 21.3. The van der Waals surface area contributed by atoms with Gasteiger partial charge in [-0.1, -0.05) is 0 Å². The highest BCUT2D eigenvalue weighted by Gasteiger charge is 2.42. The van der Waals surface area contributed by atoms with Crippen molar-refractivity contribution in [2.75, 3.05) is 31.2 Å². The lowest BCUT2D eigenvalue weighted by atomic mass is 9.77. The van der Waals surface area contributed by atoms with Gasteiger partial charge in [-0.3, -0.25) is 15.5 Å². The van der Waals surface area contributed by atoms with E-state index in [4.69, 9.17) is 15.6 Å². The third-order valence-electron chi connectivity index (χ3n) is 6.66. The first-order valence-electron chi connectivity index (χ1n) is 10.8. The van der Waals surface area contributed by atoms with Crippen molar-refractivity contribution in [3.8, 4) is 0 Å². The van der Waals surface area contributed by atoms with Crippen molar-refractivity contribution in [1.82, 2.24) is 14.3 Å². The second-order valence-corrected chi connectivity index (χ2v) is 11.3. The first-order chi connectivity index (χ1) is 15.6. The standard InChI is InChI=1S/C21H25F3N6OS2/c1-19(2-3-19)28-33-13-8-15-14(17(25)32-18(26)21(22,23)24)10-27-30(15)16(9-13)29-6-4-20(5-7-29)11-31-12-20/h8-10,25-26,28H,2-7,11-12H2,1H3. The van der Waals surface area contributed by atoms with Gasteiger partial charge in [-0.25, -0.2) is 4.52 Å². The van der Waals surface area contributed by atoms with Gasteiger partial charge in [-0.15, -0.1) is 0 Å². The van der Waals surface area contributed by atoms with Crippen molar-refractivity contribution in [2.45, 2.75) is 49.2 Å². The van der Waals surface area contributed by atoms with Gasteiger partial charge < -0.3 is 9.64 Å². The van der Waals surface area contributed by atoms with E-state index in [9.17, 15) is 13.2 Å². The second kappa shape index (κ2) is 8.17. The summed E-state index contributed by atoms with van der Waals surface area (Å²) in [4.78, 5) is 3.17. The molecule has 33 heavy (non-hydrogen) atoms. The van der Waals surface area contributed by atoms with E-state index in [1.165, 1.54) is 18.1 Å². The van der Waals surface area contributed by atoms with Crippen molar-refractivity contribution in [2.24, 2.45) is 5.41 Å². The van der Waals surface area contributed by atoms with E-state index in [2.05, 4.69) is 27.7 Å². The molecular weight excluding hydrogens is 473 g/mol. The lowest BCUT2D eigenvalue weighted by molar-refractivity contribution is -0.124. The molecule has 2 saturated heterocycles. The number of anilines is 1. The Morgan fingerprint density at radius 3 is 2.42 bits per heavy atom. The Morgan fingerprint density at radius 2 is 1.85 bits per heavy atom. The summed E-state index contributed by atoms with van der Waals surface area (Å²) < 4.78 is 49.2. The number of nitrogens with one attached hydrogen (secondary N) is 3. The number of nitrogens with zero attached hydrogens (tertiary/aromatic N) is 3. The molecule has 2 aromatic rings. The molecule has 4 heterocycles. The summed E-state index contributed by atoms with van der Waals surface area (Å²) in [5.41, 5.74) is 1.23. The molecule has 3 N–H and O–H groups in total. The molecule has 178 valence electrons. The highest BCUT2D eigenvalue weighted by atomic mass is 32.2. The maximum Gasteiger partial charge on any atom is 0.439 e. The molecule has 12 heteroatoms. The van der Waals surface area contributed by atoms with Crippen LogP contribution in [0.4, 0.5) is 19.0 Å². The molecule has 1 spiro atoms. The van der Waals surface area contributed by atoms with E-state index in [-0.39, 0.29) is 33.3 Å². The van der Waals surface area contributed by atoms with Crippen molar-refractivity contribution in [3.05, 3.63) is 23.9 Å². The van der Waals surface area contributed by atoms with Crippen LogP contribution in [0, 0.1) is 16.2 Å². The maximum absolute atomic E-state index is 12.9. The van der Waals surface area contributed by atoms with E-state index in [1.54, 1.807) is 4.52 Å². The predicted octanol–water partition coefficient (Wildman–Crippen LogP) is 4.70. The smallest absolute Gasteiger partial charge is 0.380 e. The molecule has 5 rings (SSSR count). The molecule has 3 fully saturated rings. The molecule has 0 radical (unpaired) electrons. The van der Waals surface area contributed by atoms with Crippen LogP contribution in [0.15, 0.2) is 23.2 Å². The predicted molar refractivity (Wildman–Crippen MR) is 125 cm³/mol. The number of pyridine rings is 1. The van der Waals surface area contributed by atoms with Gasteiger partial charge in [0.25, 0.3) is 0 Å². The van der Waals surface area contributed by atoms with Crippen molar-refractivity contribution in [1.29, 1.82) is 10.8 Å². The highest BCUT2D eigenvalue weighted by molar-refractivity contribution is 8.27. The summed E-state index contributed by atoms with van der Waals surface area (Å²) in [5, 5.41) is 18.1. The minimum Gasteiger partial charge on any atom is -0.380 e. The number of aromatic nitrogens is 2. The van der Waals surface area contributed by atoms with Gasteiger partial charge in [0.1, 0.15) is 10.9 Å². The van der Waals surface area contributed by atoms with Crippen molar-refractivity contribution >= 4 is 45.1 Å². The molecule has 0 amide bonds. The Balaban J connectivity index is 1.46. The number of hydrogen-bond donors (Lipinski definition) is 3. The van der Waals surface area contributed by atoms with E-state index in [0.717, 1.165) is 62.7 Å². The Morgan fingerprint density at radius 1 is 1.15 bits per heavy atom. The highest BCUT2D eigenvalue weighted by Crippen LogP contribution is 2.41. The number of rotatable bonds is 5.